The Morgan fingerprint density at radius 3 is 2.16 bits per heavy atom. The van der Waals surface area contributed by atoms with E-state index in [1.54, 1.807) is 6.92 Å². The van der Waals surface area contributed by atoms with Crippen LogP contribution in [0.5, 0.6) is 0 Å². The van der Waals surface area contributed by atoms with Gasteiger partial charge in [0.25, 0.3) is 0 Å². The molecule has 1 aromatic heterocycles. The predicted octanol–water partition coefficient (Wildman–Crippen LogP) is 4.72. The molecule has 0 unspecified atom stereocenters. The molecule has 5 heteroatoms. The molecule has 3 rings (SSSR count). The average molecular weight is 419 g/mol. The number of para-hydroxylation sites is 2. The molecule has 0 atom stereocenters. The number of nitrogens with zero attached hydrogens (tertiary/aromatic N) is 1. The highest BCUT2D eigenvalue weighted by Crippen LogP contribution is 2.28. The Morgan fingerprint density at radius 1 is 0.968 bits per heavy atom. The first kappa shape index (κ1) is 23.9. The van der Waals surface area contributed by atoms with Crippen molar-refractivity contribution in [2.24, 2.45) is 0 Å². The van der Waals surface area contributed by atoms with Crippen LogP contribution in [0.4, 0.5) is 4.79 Å². The van der Waals surface area contributed by atoms with E-state index < -0.39 is 0 Å². The number of carbonyl (C=O) groups is 1. The zero-order valence-corrected chi connectivity index (χ0v) is 18.3. The summed E-state index contributed by atoms with van der Waals surface area (Å²) in [4.78, 5) is 10.3. The van der Waals surface area contributed by atoms with Crippen LogP contribution < -0.4 is 5.32 Å². The van der Waals surface area contributed by atoms with Crippen LogP contribution in [0, 0.1) is 23.7 Å². The van der Waals surface area contributed by atoms with Crippen LogP contribution in [0.15, 0.2) is 48.5 Å². The summed E-state index contributed by atoms with van der Waals surface area (Å²) < 4.78 is 6.77. The van der Waals surface area contributed by atoms with Gasteiger partial charge in [-0.05, 0) is 50.7 Å². The lowest BCUT2D eigenvalue weighted by molar-refractivity contribution is 0.153. The third-order valence-electron chi connectivity index (χ3n) is 4.46. The zero-order valence-electron chi connectivity index (χ0n) is 18.3. The number of fused-ring (bicyclic) bond motifs is 3. The highest BCUT2D eigenvalue weighted by molar-refractivity contribution is 6.08. The van der Waals surface area contributed by atoms with E-state index in [1.165, 1.54) is 21.8 Å². The fourth-order valence-corrected chi connectivity index (χ4v) is 3.09. The molecule has 3 aromatic rings. The van der Waals surface area contributed by atoms with Gasteiger partial charge in [-0.15, -0.1) is 0 Å². The maximum atomic E-state index is 10.3. The summed E-state index contributed by atoms with van der Waals surface area (Å²) >= 11 is 0. The van der Waals surface area contributed by atoms with Crippen molar-refractivity contribution in [3.8, 4) is 23.7 Å². The van der Waals surface area contributed by atoms with E-state index in [0.29, 0.717) is 19.7 Å². The number of aliphatic hydroxyl groups is 1. The first-order valence-corrected chi connectivity index (χ1v) is 10.7. The van der Waals surface area contributed by atoms with Crippen molar-refractivity contribution in [3.05, 3.63) is 48.5 Å². The van der Waals surface area contributed by atoms with Crippen LogP contribution in [0.25, 0.3) is 21.8 Å². The third kappa shape index (κ3) is 7.41. The molecule has 5 nitrogen and oxygen atoms in total. The Labute approximate surface area is 184 Å². The number of carbonyl (C=O) groups excluding carboxylic acids is 1. The molecule has 0 bridgehead atoms. The zero-order chi connectivity index (χ0) is 22.3. The molecule has 0 spiro atoms. The van der Waals surface area contributed by atoms with Crippen LogP contribution in [-0.2, 0) is 11.3 Å². The molecule has 1 amide bonds. The van der Waals surface area contributed by atoms with Crippen LogP contribution >= 0.6 is 0 Å². The van der Waals surface area contributed by atoms with E-state index in [4.69, 9.17) is 5.11 Å². The van der Waals surface area contributed by atoms with E-state index in [9.17, 15) is 4.79 Å². The van der Waals surface area contributed by atoms with E-state index in [-0.39, 0.29) is 12.7 Å². The van der Waals surface area contributed by atoms with Gasteiger partial charge in [-0.2, -0.15) is 0 Å². The Morgan fingerprint density at radius 2 is 1.58 bits per heavy atom. The van der Waals surface area contributed by atoms with Gasteiger partial charge >= 0.3 is 6.09 Å². The summed E-state index contributed by atoms with van der Waals surface area (Å²) in [5.74, 6) is 12.0. The number of aliphatic hydroxyl groups excluding tert-OH is 1. The topological polar surface area (TPSA) is 63.5 Å². The lowest BCUT2D eigenvalue weighted by Crippen LogP contribution is -2.23. The summed E-state index contributed by atoms with van der Waals surface area (Å²) in [6, 6.07) is 16.9. The number of aromatic nitrogens is 1. The summed E-state index contributed by atoms with van der Waals surface area (Å²) in [6.45, 7) is 5.55. The first-order chi connectivity index (χ1) is 15.2. The van der Waals surface area contributed by atoms with Gasteiger partial charge in [0, 0.05) is 41.4 Å². The molecule has 162 valence electrons. The van der Waals surface area contributed by atoms with Crippen molar-refractivity contribution in [2.45, 2.75) is 39.7 Å². The second-order valence-electron chi connectivity index (χ2n) is 6.66. The molecule has 0 aliphatic carbocycles. The molecular weight excluding hydrogens is 388 g/mol. The molecule has 2 aromatic carbocycles. The van der Waals surface area contributed by atoms with Crippen molar-refractivity contribution in [1.82, 2.24) is 9.88 Å². The Bertz CT molecular complexity index is 1030. The summed E-state index contributed by atoms with van der Waals surface area (Å²) in [7, 11) is 0. The van der Waals surface area contributed by atoms with E-state index in [1.807, 2.05) is 6.92 Å². The Balaban J connectivity index is 0.000000366. The molecule has 0 fully saturated rings. The van der Waals surface area contributed by atoms with Gasteiger partial charge in [-0.3, -0.25) is 0 Å². The lowest BCUT2D eigenvalue weighted by Gasteiger charge is -2.01. The van der Waals surface area contributed by atoms with Gasteiger partial charge in [0.05, 0.1) is 13.2 Å². The average Bonchev–Trinajstić information content (AvgIpc) is 3.10. The number of benzene rings is 2. The minimum atomic E-state index is -0.338. The smallest absolute Gasteiger partial charge is 0.407 e. The largest absolute Gasteiger partial charge is 0.450 e. The molecule has 0 aliphatic heterocycles. The second-order valence-corrected chi connectivity index (χ2v) is 6.66. The fraction of sp³-hybridized carbons (Fsp3) is 0.346. The molecular formula is C26H30N2O3. The Hall–Kier alpha value is -3.41. The van der Waals surface area contributed by atoms with E-state index >= 15 is 0 Å². The van der Waals surface area contributed by atoms with Crippen LogP contribution in [0.3, 0.4) is 0 Å². The number of rotatable bonds is 6. The summed E-state index contributed by atoms with van der Waals surface area (Å²) in [5.41, 5.74) is 2.41. The number of nitrogens with one attached hydrogen (secondary N) is 1. The van der Waals surface area contributed by atoms with Gasteiger partial charge < -0.3 is 19.7 Å². The molecule has 0 saturated carbocycles. The molecule has 2 N–H and O–H groups in total. The van der Waals surface area contributed by atoms with Crippen LogP contribution in [0.1, 0.15) is 33.1 Å². The van der Waals surface area contributed by atoms with Gasteiger partial charge in [0.15, 0.2) is 0 Å². The number of hydrogen-bond acceptors (Lipinski definition) is 3. The molecule has 31 heavy (non-hydrogen) atoms. The van der Waals surface area contributed by atoms with Crippen molar-refractivity contribution in [2.75, 3.05) is 19.8 Å². The minimum Gasteiger partial charge on any atom is -0.450 e. The highest BCUT2D eigenvalue weighted by atomic mass is 16.5. The highest BCUT2D eigenvalue weighted by Gasteiger charge is 2.07. The van der Waals surface area contributed by atoms with Gasteiger partial charge in [0.1, 0.15) is 0 Å². The van der Waals surface area contributed by atoms with Crippen molar-refractivity contribution >= 4 is 27.9 Å². The van der Waals surface area contributed by atoms with Crippen LogP contribution in [-0.4, -0.2) is 35.5 Å². The quantitative estimate of drug-likeness (QED) is 0.450. The number of ether oxygens (including phenoxy) is 1. The molecule has 0 saturated heterocycles. The predicted molar refractivity (Wildman–Crippen MR) is 127 cm³/mol. The maximum absolute atomic E-state index is 10.3. The lowest BCUT2D eigenvalue weighted by atomic mass is 10.2. The molecule has 1 heterocycles. The van der Waals surface area contributed by atoms with Gasteiger partial charge in [-0.25, -0.2) is 4.79 Å². The van der Waals surface area contributed by atoms with Crippen LogP contribution in [0.2, 0.25) is 0 Å². The monoisotopic (exact) mass is 418 g/mol. The Kier molecular flexibility index (Phi) is 10.6. The number of unbranched alkanes of at least 4 members (excludes halogenated alkanes) is 2. The van der Waals surface area contributed by atoms with Crippen molar-refractivity contribution in [1.29, 1.82) is 0 Å². The summed E-state index contributed by atoms with van der Waals surface area (Å²) in [5, 5.41) is 13.7. The van der Waals surface area contributed by atoms with Crippen molar-refractivity contribution < 1.29 is 14.6 Å². The SMILES string of the molecule is CCNC(=O)OCC.OCCCCC#CC#CCn1c2ccccc2c2ccccc21. The number of amides is 1. The van der Waals surface area contributed by atoms with E-state index in [0.717, 1.165) is 19.3 Å². The van der Waals surface area contributed by atoms with Crippen molar-refractivity contribution in [3.63, 3.8) is 0 Å². The first-order valence-electron chi connectivity index (χ1n) is 10.7. The van der Waals surface area contributed by atoms with E-state index in [2.05, 4.69) is 86.8 Å². The standard InChI is InChI=1S/C21H19NO.C5H11NO2/c23-17-11-5-3-1-2-4-10-16-22-20-14-8-6-12-18(20)19-13-7-9-15-21(19)22;1-3-6-5(7)8-4-2/h6-9,12-15,23H,3,5,11,16-17H2;3-4H2,1-2H3,(H,6,7). The summed E-state index contributed by atoms with van der Waals surface area (Å²) in [6.07, 6.45) is 2.20. The minimum absolute atomic E-state index is 0.237. The maximum Gasteiger partial charge on any atom is 0.407 e. The third-order valence-corrected chi connectivity index (χ3v) is 4.46. The number of alkyl carbamates (subject to hydrolysis) is 1. The second kappa shape index (κ2) is 13.7. The van der Waals surface area contributed by atoms with Gasteiger partial charge in [-0.1, -0.05) is 48.2 Å². The van der Waals surface area contributed by atoms with Gasteiger partial charge in [0.2, 0.25) is 0 Å². The normalized spacial score (nSPS) is 9.65. The molecule has 0 radical (unpaired) electrons. The number of hydrogen-bond donors (Lipinski definition) is 2. The molecule has 0 aliphatic rings. The fourth-order valence-electron chi connectivity index (χ4n) is 3.09.